The van der Waals surface area contributed by atoms with Crippen LogP contribution in [0.25, 0.3) is 11.2 Å². The van der Waals surface area contributed by atoms with E-state index in [0.717, 1.165) is 10.8 Å². The summed E-state index contributed by atoms with van der Waals surface area (Å²) in [6, 6.07) is 0. The van der Waals surface area contributed by atoms with E-state index >= 15 is 0 Å². The highest BCUT2D eigenvalue weighted by atomic mass is 16.2. The van der Waals surface area contributed by atoms with Crippen molar-refractivity contribution in [1.82, 2.24) is 19.5 Å². The lowest BCUT2D eigenvalue weighted by Crippen LogP contribution is -2.33. The maximum absolute atomic E-state index is 11.4. The van der Waals surface area contributed by atoms with Gasteiger partial charge in [-0.15, -0.1) is 0 Å². The Bertz CT molecular complexity index is 663. The van der Waals surface area contributed by atoms with Crippen LogP contribution in [0.4, 0.5) is 0 Å². The van der Waals surface area contributed by atoms with E-state index in [1.807, 2.05) is 0 Å². The first kappa shape index (κ1) is 8.42. The minimum absolute atomic E-state index is 0.0340. The number of rotatable bonds is 0. The van der Waals surface area contributed by atoms with Crippen LogP contribution in [-0.2, 0) is 7.05 Å². The Balaban J connectivity index is 3.14. The van der Waals surface area contributed by atoms with Crippen molar-refractivity contribution in [2.24, 2.45) is 7.05 Å². The highest BCUT2D eigenvalue weighted by Crippen LogP contribution is 1.90. The Morgan fingerprint density at radius 3 is 2.71 bits per heavy atom. The minimum Gasteiger partial charge on any atom is -0.305 e. The molecule has 0 bridgehead atoms. The molecule has 0 spiro atoms. The Morgan fingerprint density at radius 2 is 2.00 bits per heavy atom. The molecular formula is C7H6N4O3. The molecule has 2 aromatic heterocycles. The van der Waals surface area contributed by atoms with Crippen molar-refractivity contribution in [1.29, 1.82) is 0 Å². The second kappa shape index (κ2) is 2.66. The molecule has 0 fully saturated rings. The lowest BCUT2D eigenvalue weighted by molar-refractivity contribution is 0.785. The third kappa shape index (κ3) is 1.06. The van der Waals surface area contributed by atoms with Gasteiger partial charge < -0.3 is 4.98 Å². The zero-order valence-electron chi connectivity index (χ0n) is 7.20. The summed E-state index contributed by atoms with van der Waals surface area (Å²) >= 11 is 0. The van der Waals surface area contributed by atoms with Crippen LogP contribution in [-0.4, -0.2) is 19.5 Å². The van der Waals surface area contributed by atoms with E-state index in [2.05, 4.69) is 15.0 Å². The van der Waals surface area contributed by atoms with Crippen molar-refractivity contribution in [2.75, 3.05) is 0 Å². The van der Waals surface area contributed by atoms with Gasteiger partial charge in [0.25, 0.3) is 11.1 Å². The second-order valence-corrected chi connectivity index (χ2v) is 2.77. The van der Waals surface area contributed by atoms with Gasteiger partial charge in [-0.05, 0) is 0 Å². The summed E-state index contributed by atoms with van der Waals surface area (Å²) in [5, 5.41) is 0. The number of aromatic nitrogens is 4. The van der Waals surface area contributed by atoms with Crippen LogP contribution in [0.2, 0.25) is 0 Å². The molecule has 2 aromatic rings. The highest BCUT2D eigenvalue weighted by Gasteiger charge is 2.05. The quantitative estimate of drug-likeness (QED) is 0.522. The summed E-state index contributed by atoms with van der Waals surface area (Å²) in [4.78, 5) is 41.7. The van der Waals surface area contributed by atoms with Crippen molar-refractivity contribution in [3.05, 3.63) is 37.4 Å². The number of hydrogen-bond donors (Lipinski definition) is 2. The smallest absolute Gasteiger partial charge is 0.305 e. The Morgan fingerprint density at radius 1 is 1.29 bits per heavy atom. The molecule has 2 rings (SSSR count). The van der Waals surface area contributed by atoms with Gasteiger partial charge in [0.15, 0.2) is 5.52 Å². The average Bonchev–Trinajstić information content (AvgIpc) is 2.14. The predicted molar refractivity (Wildman–Crippen MR) is 48.2 cm³/mol. The second-order valence-electron chi connectivity index (χ2n) is 2.77. The lowest BCUT2D eigenvalue weighted by atomic mass is 10.5. The van der Waals surface area contributed by atoms with E-state index in [1.165, 1.54) is 7.05 Å². The Labute approximate surface area is 76.1 Å². The molecule has 0 atom stereocenters. The van der Waals surface area contributed by atoms with Gasteiger partial charge >= 0.3 is 5.69 Å². The highest BCUT2D eigenvalue weighted by molar-refractivity contribution is 5.66. The SMILES string of the molecule is Cn1c(=O)[nH]c2[nH]c(=O)cnc2c1=O. The maximum atomic E-state index is 11.4. The van der Waals surface area contributed by atoms with Crippen LogP contribution < -0.4 is 16.8 Å². The third-order valence-corrected chi connectivity index (χ3v) is 1.84. The fourth-order valence-corrected chi connectivity index (χ4v) is 1.10. The van der Waals surface area contributed by atoms with E-state index in [9.17, 15) is 14.4 Å². The Hall–Kier alpha value is -2.18. The minimum atomic E-state index is -0.592. The van der Waals surface area contributed by atoms with Gasteiger partial charge in [0.05, 0.1) is 6.20 Å². The number of nitrogens with one attached hydrogen (secondary N) is 2. The van der Waals surface area contributed by atoms with E-state index < -0.39 is 16.8 Å². The Kier molecular flexibility index (Phi) is 1.60. The molecule has 0 aliphatic carbocycles. The molecule has 0 radical (unpaired) electrons. The number of fused-ring (bicyclic) bond motifs is 1. The van der Waals surface area contributed by atoms with Crippen LogP contribution in [0.3, 0.4) is 0 Å². The number of aromatic amines is 2. The number of H-pyrrole nitrogens is 2. The summed E-state index contributed by atoms with van der Waals surface area (Å²) < 4.78 is 0.883. The fourth-order valence-electron chi connectivity index (χ4n) is 1.10. The molecule has 0 unspecified atom stereocenters. The zero-order valence-corrected chi connectivity index (χ0v) is 7.20. The summed E-state index contributed by atoms with van der Waals surface area (Å²) in [7, 11) is 1.33. The topological polar surface area (TPSA) is 101 Å². The van der Waals surface area contributed by atoms with E-state index in [0.29, 0.717) is 0 Å². The molecule has 14 heavy (non-hydrogen) atoms. The maximum Gasteiger partial charge on any atom is 0.329 e. The summed E-state index contributed by atoms with van der Waals surface area (Å²) in [6.45, 7) is 0. The molecule has 2 N–H and O–H groups in total. The van der Waals surface area contributed by atoms with Crippen LogP contribution in [0.15, 0.2) is 20.6 Å². The van der Waals surface area contributed by atoms with Crippen molar-refractivity contribution in [2.45, 2.75) is 0 Å². The van der Waals surface area contributed by atoms with Gasteiger partial charge in [0.1, 0.15) is 5.65 Å². The molecule has 0 aliphatic rings. The van der Waals surface area contributed by atoms with E-state index in [1.54, 1.807) is 0 Å². The van der Waals surface area contributed by atoms with Crippen LogP contribution in [0.1, 0.15) is 0 Å². The number of nitrogens with zero attached hydrogens (tertiary/aromatic N) is 2. The third-order valence-electron chi connectivity index (χ3n) is 1.84. The van der Waals surface area contributed by atoms with Crippen molar-refractivity contribution >= 4 is 11.2 Å². The molecule has 0 aromatic carbocycles. The molecule has 7 heteroatoms. The predicted octanol–water partition coefficient (Wildman–Crippen LogP) is -1.69. The molecular weight excluding hydrogens is 188 g/mol. The van der Waals surface area contributed by atoms with Gasteiger partial charge in [0.2, 0.25) is 0 Å². The van der Waals surface area contributed by atoms with E-state index in [4.69, 9.17) is 0 Å². The molecule has 0 saturated heterocycles. The van der Waals surface area contributed by atoms with Crippen molar-refractivity contribution < 1.29 is 0 Å². The zero-order chi connectivity index (χ0) is 10.3. The first-order valence-electron chi connectivity index (χ1n) is 3.78. The first-order valence-corrected chi connectivity index (χ1v) is 3.78. The molecule has 72 valence electrons. The average molecular weight is 194 g/mol. The van der Waals surface area contributed by atoms with Gasteiger partial charge in [-0.1, -0.05) is 0 Å². The first-order chi connectivity index (χ1) is 6.59. The standard InChI is InChI=1S/C7H6N4O3/c1-11-6(13)4-5(10-7(11)14)9-3(12)2-8-4/h2H,1H3,(H2,9,10,12,14). The lowest BCUT2D eigenvalue weighted by Gasteiger charge is -1.97. The largest absolute Gasteiger partial charge is 0.329 e. The van der Waals surface area contributed by atoms with Crippen molar-refractivity contribution in [3.8, 4) is 0 Å². The monoisotopic (exact) mass is 194 g/mol. The van der Waals surface area contributed by atoms with Crippen LogP contribution in [0.5, 0.6) is 0 Å². The van der Waals surface area contributed by atoms with Gasteiger partial charge in [0, 0.05) is 7.05 Å². The molecule has 7 nitrogen and oxygen atoms in total. The molecule has 0 aliphatic heterocycles. The van der Waals surface area contributed by atoms with E-state index in [-0.39, 0.29) is 11.2 Å². The fraction of sp³-hybridized carbons (Fsp3) is 0.143. The molecule has 2 heterocycles. The van der Waals surface area contributed by atoms with Crippen LogP contribution in [0, 0.1) is 0 Å². The summed E-state index contributed by atoms with van der Waals surface area (Å²) in [6.07, 6.45) is 0.988. The molecule has 0 amide bonds. The van der Waals surface area contributed by atoms with Gasteiger partial charge in [-0.2, -0.15) is 0 Å². The summed E-state index contributed by atoms with van der Waals surface area (Å²) in [5.74, 6) is 0. The van der Waals surface area contributed by atoms with Crippen molar-refractivity contribution in [3.63, 3.8) is 0 Å². The van der Waals surface area contributed by atoms with Crippen LogP contribution >= 0.6 is 0 Å². The summed E-state index contributed by atoms with van der Waals surface area (Å²) in [5.41, 5.74) is -1.52. The van der Waals surface area contributed by atoms with Gasteiger partial charge in [-0.25, -0.2) is 9.78 Å². The number of hydrogen-bond acceptors (Lipinski definition) is 4. The normalized spacial score (nSPS) is 10.6. The van der Waals surface area contributed by atoms with Gasteiger partial charge in [-0.3, -0.25) is 19.1 Å². The molecule has 0 saturated carbocycles.